The van der Waals surface area contributed by atoms with Crippen LogP contribution in [0.5, 0.6) is 0 Å². The van der Waals surface area contributed by atoms with Crippen molar-refractivity contribution in [1.29, 1.82) is 0 Å². The number of fused-ring (bicyclic) bond motifs is 1. The smallest absolute Gasteiger partial charge is 0.251 e. The highest BCUT2D eigenvalue weighted by atomic mass is 79.9. The zero-order chi connectivity index (χ0) is 24.8. The van der Waals surface area contributed by atoms with Gasteiger partial charge in [0.1, 0.15) is 0 Å². The van der Waals surface area contributed by atoms with Crippen molar-refractivity contribution in [2.75, 3.05) is 43.6 Å². The van der Waals surface area contributed by atoms with E-state index in [2.05, 4.69) is 88.3 Å². The van der Waals surface area contributed by atoms with Crippen molar-refractivity contribution in [3.63, 3.8) is 0 Å². The number of carbonyl (C=O) groups excluding carboxylic acids is 1. The summed E-state index contributed by atoms with van der Waals surface area (Å²) in [5.41, 5.74) is 5.21. The summed E-state index contributed by atoms with van der Waals surface area (Å²) in [6, 6.07) is 15.2. The summed E-state index contributed by atoms with van der Waals surface area (Å²) in [7, 11) is 2.19. The van der Waals surface area contributed by atoms with Gasteiger partial charge in [-0.05, 0) is 86.2 Å². The molecular formula is C29H38BrN3O2. The summed E-state index contributed by atoms with van der Waals surface area (Å²) >= 11 is 3.60. The van der Waals surface area contributed by atoms with E-state index in [0.29, 0.717) is 12.0 Å². The Hall–Kier alpha value is -2.15. The quantitative estimate of drug-likeness (QED) is 0.425. The second kappa shape index (κ2) is 12.2. The van der Waals surface area contributed by atoms with E-state index in [1.54, 1.807) is 0 Å². The van der Waals surface area contributed by atoms with Crippen molar-refractivity contribution in [2.45, 2.75) is 52.1 Å². The second-order valence-corrected chi connectivity index (χ2v) is 11.1. The minimum Gasteiger partial charge on any atom is -0.381 e. The Labute approximate surface area is 218 Å². The summed E-state index contributed by atoms with van der Waals surface area (Å²) in [5.74, 6) is 0.626. The fraction of sp³-hybridized carbons (Fsp3) is 0.483. The predicted molar refractivity (Wildman–Crippen MR) is 149 cm³/mol. The van der Waals surface area contributed by atoms with Gasteiger partial charge in [-0.3, -0.25) is 9.69 Å². The van der Waals surface area contributed by atoms with Gasteiger partial charge in [-0.15, -0.1) is 0 Å². The minimum absolute atomic E-state index is 0.0197. The first-order valence-electron chi connectivity index (χ1n) is 12.8. The number of hydrogen-bond donors (Lipinski definition) is 1. The van der Waals surface area contributed by atoms with Crippen molar-refractivity contribution in [3.05, 3.63) is 63.6 Å². The normalized spacial score (nSPS) is 16.7. The Balaban J connectivity index is 1.41. The van der Waals surface area contributed by atoms with Crippen LogP contribution in [0.4, 0.5) is 11.4 Å². The van der Waals surface area contributed by atoms with E-state index >= 15 is 0 Å². The maximum atomic E-state index is 13.2. The van der Waals surface area contributed by atoms with Crippen LogP contribution in [0.1, 0.15) is 50.7 Å². The van der Waals surface area contributed by atoms with Crippen LogP contribution < -0.4 is 10.2 Å². The van der Waals surface area contributed by atoms with Crippen LogP contribution in [0.2, 0.25) is 0 Å². The number of benzene rings is 2. The zero-order valence-electron chi connectivity index (χ0n) is 21.2. The second-order valence-electron chi connectivity index (χ2n) is 10.2. The van der Waals surface area contributed by atoms with E-state index in [-0.39, 0.29) is 5.91 Å². The molecule has 1 N–H and O–H groups in total. The van der Waals surface area contributed by atoms with Crippen LogP contribution in [-0.2, 0) is 16.1 Å². The average Bonchev–Trinajstić information content (AvgIpc) is 3.03. The van der Waals surface area contributed by atoms with Gasteiger partial charge in [-0.1, -0.05) is 41.9 Å². The number of halogens is 1. The van der Waals surface area contributed by atoms with E-state index in [4.69, 9.17) is 4.74 Å². The van der Waals surface area contributed by atoms with Gasteiger partial charge in [0.2, 0.25) is 0 Å². The Morgan fingerprint density at radius 2 is 1.91 bits per heavy atom. The molecule has 5 nitrogen and oxygen atoms in total. The van der Waals surface area contributed by atoms with Gasteiger partial charge in [0, 0.05) is 60.3 Å². The first-order valence-corrected chi connectivity index (χ1v) is 13.6. The van der Waals surface area contributed by atoms with Crippen LogP contribution in [0.25, 0.3) is 6.08 Å². The fourth-order valence-electron chi connectivity index (χ4n) is 4.84. The van der Waals surface area contributed by atoms with E-state index < -0.39 is 0 Å². The molecule has 6 heteroatoms. The number of amides is 1. The van der Waals surface area contributed by atoms with Crippen molar-refractivity contribution >= 4 is 39.3 Å². The molecule has 2 aliphatic rings. The summed E-state index contributed by atoms with van der Waals surface area (Å²) in [6.45, 7) is 8.97. The predicted octanol–water partition coefficient (Wildman–Crippen LogP) is 6.34. The van der Waals surface area contributed by atoms with Gasteiger partial charge in [-0.25, -0.2) is 0 Å². The van der Waals surface area contributed by atoms with Gasteiger partial charge in [-0.2, -0.15) is 0 Å². The van der Waals surface area contributed by atoms with Crippen LogP contribution in [0.15, 0.2) is 52.5 Å². The van der Waals surface area contributed by atoms with E-state index in [1.165, 1.54) is 11.3 Å². The Bertz CT molecular complexity index is 1030. The molecule has 188 valence electrons. The zero-order valence-corrected chi connectivity index (χ0v) is 22.8. The highest BCUT2D eigenvalue weighted by molar-refractivity contribution is 9.10. The molecule has 0 aliphatic carbocycles. The van der Waals surface area contributed by atoms with E-state index in [1.807, 2.05) is 12.1 Å². The summed E-state index contributed by atoms with van der Waals surface area (Å²) < 4.78 is 6.51. The lowest BCUT2D eigenvalue weighted by molar-refractivity contribution is -0.112. The lowest BCUT2D eigenvalue weighted by atomic mass is 10.1. The standard InChI is InChI=1S/C29H38BrN3O2/c1-21(2)10-14-33-15-11-23(18-24-19-25(30)6-9-28(24)33)29(34)31-26-7-4-22(5-8-26)20-32(3)27-12-16-35-17-13-27/h4-9,18-19,21,27H,10-17,20H2,1-3H3,(H,31,34). The van der Waals surface area contributed by atoms with Gasteiger partial charge in [0.15, 0.2) is 0 Å². The molecule has 0 saturated carbocycles. The average molecular weight is 541 g/mol. The SMILES string of the molecule is CC(C)CCN1CCC(C(=O)Nc2ccc(CN(C)C3CCOCC3)cc2)=Cc2cc(Br)ccc21. The molecule has 1 amide bonds. The Morgan fingerprint density at radius 3 is 2.63 bits per heavy atom. The molecule has 0 bridgehead atoms. The van der Waals surface area contributed by atoms with Crippen molar-refractivity contribution < 1.29 is 9.53 Å². The number of nitrogens with one attached hydrogen (secondary N) is 1. The van der Waals surface area contributed by atoms with Crippen LogP contribution in [-0.4, -0.2) is 50.2 Å². The Morgan fingerprint density at radius 1 is 1.17 bits per heavy atom. The molecule has 1 fully saturated rings. The lowest BCUT2D eigenvalue weighted by Crippen LogP contribution is -2.36. The Kier molecular flexibility index (Phi) is 9.04. The van der Waals surface area contributed by atoms with Gasteiger partial charge < -0.3 is 15.0 Å². The summed E-state index contributed by atoms with van der Waals surface area (Å²) in [5, 5.41) is 3.13. The van der Waals surface area contributed by atoms with E-state index in [0.717, 1.165) is 79.8 Å². The highest BCUT2D eigenvalue weighted by Crippen LogP contribution is 2.31. The summed E-state index contributed by atoms with van der Waals surface area (Å²) in [4.78, 5) is 18.1. The first kappa shape index (κ1) is 25.9. The van der Waals surface area contributed by atoms with Crippen molar-refractivity contribution in [2.24, 2.45) is 5.92 Å². The molecular weight excluding hydrogens is 502 g/mol. The molecule has 0 atom stereocenters. The monoisotopic (exact) mass is 539 g/mol. The molecule has 0 radical (unpaired) electrons. The van der Waals surface area contributed by atoms with Crippen molar-refractivity contribution in [1.82, 2.24) is 4.90 Å². The summed E-state index contributed by atoms with van der Waals surface area (Å²) in [6.07, 6.45) is 6.10. The molecule has 0 unspecified atom stereocenters. The molecule has 0 spiro atoms. The molecule has 35 heavy (non-hydrogen) atoms. The van der Waals surface area contributed by atoms with E-state index in [9.17, 15) is 4.79 Å². The third-order valence-corrected chi connectivity index (χ3v) is 7.53. The third-order valence-electron chi connectivity index (χ3n) is 7.04. The largest absolute Gasteiger partial charge is 0.381 e. The maximum Gasteiger partial charge on any atom is 0.251 e. The fourth-order valence-corrected chi connectivity index (χ4v) is 5.22. The molecule has 1 saturated heterocycles. The minimum atomic E-state index is -0.0197. The number of anilines is 2. The number of carbonyl (C=O) groups is 1. The molecule has 2 aromatic rings. The van der Waals surface area contributed by atoms with Crippen LogP contribution in [0, 0.1) is 5.92 Å². The van der Waals surface area contributed by atoms with Crippen molar-refractivity contribution in [3.8, 4) is 0 Å². The number of nitrogens with zero attached hydrogens (tertiary/aromatic N) is 2. The van der Waals surface area contributed by atoms with Gasteiger partial charge >= 0.3 is 0 Å². The van der Waals surface area contributed by atoms with Gasteiger partial charge in [0.25, 0.3) is 5.91 Å². The molecule has 2 heterocycles. The van der Waals surface area contributed by atoms with Gasteiger partial charge in [0.05, 0.1) is 0 Å². The maximum absolute atomic E-state index is 13.2. The highest BCUT2D eigenvalue weighted by Gasteiger charge is 2.21. The van der Waals surface area contributed by atoms with Crippen LogP contribution in [0.3, 0.4) is 0 Å². The lowest BCUT2D eigenvalue weighted by Gasteiger charge is -2.31. The molecule has 2 aliphatic heterocycles. The van der Waals surface area contributed by atoms with Crippen LogP contribution >= 0.6 is 15.9 Å². The number of rotatable bonds is 8. The number of ether oxygens (including phenoxy) is 1. The molecule has 0 aromatic heterocycles. The first-order chi connectivity index (χ1) is 16.9. The topological polar surface area (TPSA) is 44.8 Å². The third kappa shape index (κ3) is 7.18. The number of hydrogen-bond acceptors (Lipinski definition) is 4. The molecule has 4 rings (SSSR count). The molecule has 2 aromatic carbocycles.